The zero-order valence-corrected chi connectivity index (χ0v) is 17.3. The quantitative estimate of drug-likeness (QED) is 0.198. The van der Waals surface area contributed by atoms with Crippen molar-refractivity contribution >= 4 is 35.6 Å². The van der Waals surface area contributed by atoms with Gasteiger partial charge < -0.3 is 20.7 Å². The molecule has 0 unspecified atom stereocenters. The molecule has 1 aromatic rings. The monoisotopic (exact) mass is 448 g/mol. The van der Waals surface area contributed by atoms with Gasteiger partial charge in [0.05, 0.1) is 0 Å². The maximum atomic E-state index is 5.34. The summed E-state index contributed by atoms with van der Waals surface area (Å²) in [5.74, 6) is 0.906. The Morgan fingerprint density at radius 1 is 1.00 bits per heavy atom. The predicted octanol–water partition coefficient (Wildman–Crippen LogP) is 3.48. The van der Waals surface area contributed by atoms with Gasteiger partial charge in [0.2, 0.25) is 0 Å². The topological polar surface area (TPSA) is 57.7 Å². The second kappa shape index (κ2) is 16.8. The van der Waals surface area contributed by atoms with E-state index in [0.29, 0.717) is 0 Å². The molecule has 0 spiro atoms. The summed E-state index contributed by atoms with van der Waals surface area (Å²) in [7, 11) is 0. The highest BCUT2D eigenvalue weighted by Gasteiger charge is 1.96. The van der Waals surface area contributed by atoms with E-state index in [2.05, 4.69) is 40.0 Å². The summed E-state index contributed by atoms with van der Waals surface area (Å²) in [4.78, 5) is 4.60. The van der Waals surface area contributed by atoms with Crippen LogP contribution in [-0.2, 0) is 4.74 Å². The minimum absolute atomic E-state index is 0. The number of nitrogens with one attached hydrogen (secondary N) is 3. The summed E-state index contributed by atoms with van der Waals surface area (Å²) in [5.41, 5.74) is 1.16. The second-order valence-electron chi connectivity index (χ2n) is 5.24. The van der Waals surface area contributed by atoms with E-state index in [0.717, 1.165) is 70.3 Å². The normalized spacial score (nSPS) is 10.8. The van der Waals surface area contributed by atoms with Crippen molar-refractivity contribution in [3.8, 4) is 0 Å². The minimum atomic E-state index is 0. The first-order valence-electron chi connectivity index (χ1n) is 8.75. The molecule has 1 rings (SSSR count). The fraction of sp³-hybridized carbons (Fsp3) is 0.611. The van der Waals surface area contributed by atoms with Crippen LogP contribution in [0.25, 0.3) is 0 Å². The van der Waals surface area contributed by atoms with E-state index in [1.165, 1.54) is 0 Å². The van der Waals surface area contributed by atoms with Gasteiger partial charge in [-0.3, -0.25) is 4.99 Å². The molecule has 0 aliphatic rings. The molecule has 0 amide bonds. The van der Waals surface area contributed by atoms with Crippen molar-refractivity contribution in [2.24, 2.45) is 4.99 Å². The number of unbranched alkanes of at least 4 members (excludes halogenated alkanes) is 1. The molecule has 0 saturated carbocycles. The van der Waals surface area contributed by atoms with E-state index in [-0.39, 0.29) is 24.0 Å². The van der Waals surface area contributed by atoms with Crippen molar-refractivity contribution in [2.75, 3.05) is 44.7 Å². The Morgan fingerprint density at radius 2 is 1.79 bits per heavy atom. The third-order valence-corrected chi connectivity index (χ3v) is 3.26. The smallest absolute Gasteiger partial charge is 0.191 e. The first-order chi connectivity index (χ1) is 11.4. The lowest BCUT2D eigenvalue weighted by molar-refractivity contribution is 0.143. The molecule has 3 N–H and O–H groups in total. The molecule has 0 bridgehead atoms. The molecule has 138 valence electrons. The predicted molar refractivity (Wildman–Crippen MR) is 115 cm³/mol. The molecule has 0 saturated heterocycles. The molecule has 0 aliphatic heterocycles. The van der Waals surface area contributed by atoms with Crippen LogP contribution in [0.5, 0.6) is 0 Å². The molecule has 1 aromatic carbocycles. The Labute approximate surface area is 164 Å². The average molecular weight is 448 g/mol. The lowest BCUT2D eigenvalue weighted by atomic mass is 10.3. The van der Waals surface area contributed by atoms with Crippen molar-refractivity contribution in [3.05, 3.63) is 30.3 Å². The van der Waals surface area contributed by atoms with Crippen LogP contribution in [0.1, 0.15) is 33.1 Å². The highest BCUT2D eigenvalue weighted by molar-refractivity contribution is 14.0. The van der Waals surface area contributed by atoms with E-state index < -0.39 is 0 Å². The highest BCUT2D eigenvalue weighted by atomic mass is 127. The number of para-hydroxylation sites is 1. The Bertz CT molecular complexity index is 415. The molecule has 0 radical (unpaired) electrons. The highest BCUT2D eigenvalue weighted by Crippen LogP contribution is 2.04. The van der Waals surface area contributed by atoms with Gasteiger partial charge >= 0.3 is 0 Å². The molecule has 5 nitrogen and oxygen atoms in total. The zero-order chi connectivity index (χ0) is 16.6. The number of guanidine groups is 1. The number of benzene rings is 1. The standard InChI is InChI=1S/C18H32N4O.HI/c1-3-19-18(21-13-8-9-16-23-4-2)22-15-10-14-20-17-11-6-5-7-12-17;/h5-7,11-12,20H,3-4,8-10,13-16H2,1-2H3,(H2,19,21,22);1H. The molecule has 24 heavy (non-hydrogen) atoms. The minimum Gasteiger partial charge on any atom is -0.385 e. The summed E-state index contributed by atoms with van der Waals surface area (Å²) in [6, 6.07) is 10.3. The summed E-state index contributed by atoms with van der Waals surface area (Å²) in [5, 5.41) is 10.0. The summed E-state index contributed by atoms with van der Waals surface area (Å²) in [6.07, 6.45) is 3.19. The first kappa shape index (κ1) is 23.0. The van der Waals surface area contributed by atoms with Gasteiger partial charge in [-0.15, -0.1) is 24.0 Å². The molecular weight excluding hydrogens is 415 g/mol. The van der Waals surface area contributed by atoms with Crippen molar-refractivity contribution in [1.82, 2.24) is 10.6 Å². The molecular formula is C18H33IN4O. The van der Waals surface area contributed by atoms with Gasteiger partial charge in [0.15, 0.2) is 5.96 Å². The van der Waals surface area contributed by atoms with Gasteiger partial charge in [-0.2, -0.15) is 0 Å². The van der Waals surface area contributed by atoms with Gasteiger partial charge in [-0.05, 0) is 45.2 Å². The average Bonchev–Trinajstić information content (AvgIpc) is 2.58. The van der Waals surface area contributed by atoms with Crippen LogP contribution in [0.2, 0.25) is 0 Å². The SMILES string of the molecule is CCNC(=NCCCNc1ccccc1)NCCCCOCC.I. The summed E-state index contributed by atoms with van der Waals surface area (Å²) >= 11 is 0. The van der Waals surface area contributed by atoms with Crippen molar-refractivity contribution in [1.29, 1.82) is 0 Å². The Morgan fingerprint density at radius 3 is 2.50 bits per heavy atom. The fourth-order valence-electron chi connectivity index (χ4n) is 2.08. The Balaban J connectivity index is 0.00000529. The number of hydrogen-bond acceptors (Lipinski definition) is 3. The third-order valence-electron chi connectivity index (χ3n) is 3.26. The van der Waals surface area contributed by atoms with Gasteiger partial charge in [-0.1, -0.05) is 18.2 Å². The Hall–Kier alpha value is -1.02. The largest absolute Gasteiger partial charge is 0.385 e. The lowest BCUT2D eigenvalue weighted by Crippen LogP contribution is -2.38. The molecule has 0 atom stereocenters. The number of nitrogens with zero attached hydrogens (tertiary/aromatic N) is 1. The number of anilines is 1. The fourth-order valence-corrected chi connectivity index (χ4v) is 2.08. The number of ether oxygens (including phenoxy) is 1. The molecule has 0 aromatic heterocycles. The van der Waals surface area contributed by atoms with Crippen LogP contribution in [-0.4, -0.2) is 45.4 Å². The van der Waals surface area contributed by atoms with Gasteiger partial charge in [0.25, 0.3) is 0 Å². The molecule has 0 aliphatic carbocycles. The van der Waals surface area contributed by atoms with Crippen molar-refractivity contribution in [2.45, 2.75) is 33.1 Å². The van der Waals surface area contributed by atoms with Crippen molar-refractivity contribution in [3.63, 3.8) is 0 Å². The molecule has 0 fully saturated rings. The Kier molecular flexibility index (Phi) is 16.1. The maximum absolute atomic E-state index is 5.34. The second-order valence-corrected chi connectivity index (χ2v) is 5.24. The molecule has 0 heterocycles. The van der Waals surface area contributed by atoms with Gasteiger partial charge in [0, 0.05) is 45.1 Å². The number of aliphatic imine (C=N–C) groups is 1. The summed E-state index contributed by atoms with van der Waals surface area (Å²) < 4.78 is 5.34. The van der Waals surface area contributed by atoms with Crippen LogP contribution >= 0.6 is 24.0 Å². The van der Waals surface area contributed by atoms with Crippen LogP contribution in [0.15, 0.2) is 35.3 Å². The van der Waals surface area contributed by atoms with E-state index in [1.54, 1.807) is 0 Å². The van der Waals surface area contributed by atoms with Crippen LogP contribution in [0.4, 0.5) is 5.69 Å². The van der Waals surface area contributed by atoms with E-state index in [9.17, 15) is 0 Å². The van der Waals surface area contributed by atoms with Crippen LogP contribution < -0.4 is 16.0 Å². The third kappa shape index (κ3) is 12.4. The van der Waals surface area contributed by atoms with Crippen LogP contribution in [0.3, 0.4) is 0 Å². The molecule has 6 heteroatoms. The zero-order valence-electron chi connectivity index (χ0n) is 15.0. The van der Waals surface area contributed by atoms with Gasteiger partial charge in [0.1, 0.15) is 0 Å². The van der Waals surface area contributed by atoms with E-state index >= 15 is 0 Å². The van der Waals surface area contributed by atoms with Crippen LogP contribution in [0, 0.1) is 0 Å². The number of rotatable bonds is 12. The summed E-state index contributed by atoms with van der Waals surface area (Å²) in [6.45, 7) is 9.32. The van der Waals surface area contributed by atoms with Gasteiger partial charge in [-0.25, -0.2) is 0 Å². The first-order valence-corrected chi connectivity index (χ1v) is 8.75. The van der Waals surface area contributed by atoms with Crippen molar-refractivity contribution < 1.29 is 4.74 Å². The van der Waals surface area contributed by atoms with E-state index in [4.69, 9.17) is 4.74 Å². The lowest BCUT2D eigenvalue weighted by Gasteiger charge is -2.11. The van der Waals surface area contributed by atoms with E-state index in [1.807, 2.05) is 25.1 Å². The number of hydrogen-bond donors (Lipinski definition) is 3. The maximum Gasteiger partial charge on any atom is 0.191 e. The number of halogens is 1.